The Labute approximate surface area is 132 Å². The quantitative estimate of drug-likeness (QED) is 0.625. The molecule has 7 nitrogen and oxygen atoms in total. The van der Waals surface area contributed by atoms with Crippen LogP contribution >= 0.6 is 0 Å². The molecule has 0 aliphatic carbocycles. The Morgan fingerprint density at radius 2 is 2.00 bits per heavy atom. The molecule has 0 saturated heterocycles. The number of fused-ring (bicyclic) bond motifs is 1. The van der Waals surface area contributed by atoms with Gasteiger partial charge in [-0.3, -0.25) is 9.69 Å². The lowest BCUT2D eigenvalue weighted by Gasteiger charge is -2.25. The van der Waals surface area contributed by atoms with Crippen LogP contribution in [0.1, 0.15) is 12.0 Å². The summed E-state index contributed by atoms with van der Waals surface area (Å²) in [5.74, 6) is 0.0899. The van der Waals surface area contributed by atoms with Crippen molar-refractivity contribution >= 4 is 17.5 Å². The summed E-state index contributed by atoms with van der Waals surface area (Å²) in [7, 11) is 0. The number of nitrogens with zero attached hydrogens (tertiary/aromatic N) is 3. The van der Waals surface area contributed by atoms with E-state index in [0.29, 0.717) is 12.3 Å². The second kappa shape index (κ2) is 6.43. The van der Waals surface area contributed by atoms with Gasteiger partial charge in [0.1, 0.15) is 0 Å². The minimum Gasteiger partial charge on any atom is -0.477 e. The molecule has 1 aromatic heterocycles. The molecule has 1 aliphatic rings. The summed E-state index contributed by atoms with van der Waals surface area (Å²) in [6.45, 7) is 0.371. The summed E-state index contributed by atoms with van der Waals surface area (Å²) in [6.07, 6.45) is 1.55. The van der Waals surface area contributed by atoms with E-state index < -0.39 is 4.92 Å². The first-order valence-corrected chi connectivity index (χ1v) is 7.27. The van der Waals surface area contributed by atoms with Gasteiger partial charge in [0.05, 0.1) is 0 Å². The zero-order chi connectivity index (χ0) is 16.2. The Morgan fingerprint density at radius 3 is 2.74 bits per heavy atom. The van der Waals surface area contributed by atoms with E-state index in [9.17, 15) is 14.9 Å². The van der Waals surface area contributed by atoms with Crippen LogP contribution in [0.2, 0.25) is 0 Å². The molecule has 0 spiro atoms. The number of aromatic nitrogens is 1. The first-order chi connectivity index (χ1) is 11.1. The van der Waals surface area contributed by atoms with Crippen LogP contribution in [-0.4, -0.2) is 29.0 Å². The lowest BCUT2D eigenvalue weighted by Crippen LogP contribution is -2.40. The number of rotatable bonds is 5. The zero-order valence-corrected chi connectivity index (χ0v) is 12.3. The molecule has 1 aromatic carbocycles. The fourth-order valence-electron chi connectivity index (χ4n) is 2.49. The van der Waals surface area contributed by atoms with Crippen molar-refractivity contribution in [3.63, 3.8) is 0 Å². The predicted octanol–water partition coefficient (Wildman–Crippen LogP) is 2.35. The van der Waals surface area contributed by atoms with Crippen molar-refractivity contribution in [1.29, 1.82) is 0 Å². The van der Waals surface area contributed by atoms with E-state index in [4.69, 9.17) is 4.74 Å². The largest absolute Gasteiger partial charge is 0.477 e. The van der Waals surface area contributed by atoms with E-state index in [2.05, 4.69) is 4.98 Å². The number of hydrogen-bond donors (Lipinski definition) is 0. The molecule has 2 aromatic rings. The van der Waals surface area contributed by atoms with Crippen LogP contribution in [0.4, 0.5) is 11.6 Å². The van der Waals surface area contributed by atoms with Gasteiger partial charge in [0, 0.05) is 12.6 Å². The minimum atomic E-state index is -0.582. The molecule has 0 radical (unpaired) electrons. The van der Waals surface area contributed by atoms with E-state index in [1.807, 2.05) is 30.3 Å². The Balaban J connectivity index is 1.75. The average molecular weight is 313 g/mol. The van der Waals surface area contributed by atoms with Gasteiger partial charge < -0.3 is 14.9 Å². The number of ether oxygens (including phenoxy) is 1. The highest BCUT2D eigenvalue weighted by Crippen LogP contribution is 2.32. The van der Waals surface area contributed by atoms with Gasteiger partial charge in [0.2, 0.25) is 0 Å². The summed E-state index contributed by atoms with van der Waals surface area (Å²) in [6, 6.07) is 12.7. The lowest BCUT2D eigenvalue weighted by molar-refractivity contribution is -0.389. The number of carbonyl (C=O) groups is 1. The molecule has 1 aliphatic heterocycles. The van der Waals surface area contributed by atoms with Crippen LogP contribution in [-0.2, 0) is 11.2 Å². The Hall–Kier alpha value is -2.96. The second-order valence-corrected chi connectivity index (χ2v) is 5.17. The monoisotopic (exact) mass is 313 g/mol. The average Bonchev–Trinajstić information content (AvgIpc) is 2.57. The highest BCUT2D eigenvalue weighted by atomic mass is 16.6. The molecule has 23 heavy (non-hydrogen) atoms. The molecule has 2 heterocycles. The molecule has 0 N–H and O–H groups in total. The minimum absolute atomic E-state index is 0.0716. The van der Waals surface area contributed by atoms with E-state index in [-0.39, 0.29) is 24.1 Å². The smallest absolute Gasteiger partial charge is 0.366 e. The second-order valence-electron chi connectivity index (χ2n) is 5.17. The van der Waals surface area contributed by atoms with E-state index in [0.717, 1.165) is 12.8 Å². The van der Waals surface area contributed by atoms with Crippen LogP contribution in [0.25, 0.3) is 0 Å². The van der Waals surface area contributed by atoms with Crippen LogP contribution in [0.3, 0.4) is 0 Å². The molecule has 118 valence electrons. The maximum absolute atomic E-state index is 12.1. The molecular weight excluding hydrogens is 298 g/mol. The SMILES string of the molecule is O=C1COc2ccc([N+](=O)[O-])nc2N1CCCc1ccccc1. The Bertz CT molecular complexity index is 733. The van der Waals surface area contributed by atoms with Gasteiger partial charge in [-0.25, -0.2) is 0 Å². The summed E-state index contributed by atoms with van der Waals surface area (Å²) in [5.41, 5.74) is 1.18. The Morgan fingerprint density at radius 1 is 1.22 bits per heavy atom. The molecule has 1 amide bonds. The van der Waals surface area contributed by atoms with E-state index >= 15 is 0 Å². The number of anilines is 1. The van der Waals surface area contributed by atoms with Gasteiger partial charge in [-0.2, -0.15) is 0 Å². The summed E-state index contributed by atoms with van der Waals surface area (Å²) in [5, 5.41) is 10.9. The van der Waals surface area contributed by atoms with Gasteiger partial charge in [-0.15, -0.1) is 0 Å². The summed E-state index contributed by atoms with van der Waals surface area (Å²) < 4.78 is 5.29. The fraction of sp³-hybridized carbons (Fsp3) is 0.250. The molecule has 0 fully saturated rings. The van der Waals surface area contributed by atoms with Crippen LogP contribution < -0.4 is 9.64 Å². The standard InChI is InChI=1S/C16H15N3O4/c20-15-11-23-13-8-9-14(19(21)22)17-16(13)18(15)10-4-7-12-5-2-1-3-6-12/h1-3,5-6,8-9H,4,7,10-11H2. The van der Waals surface area contributed by atoms with Gasteiger partial charge in [0.25, 0.3) is 11.7 Å². The number of aryl methyl sites for hydroxylation is 1. The van der Waals surface area contributed by atoms with Crippen molar-refractivity contribution in [3.05, 3.63) is 58.1 Å². The van der Waals surface area contributed by atoms with Crippen molar-refractivity contribution in [2.24, 2.45) is 0 Å². The number of nitro groups is 1. The van der Waals surface area contributed by atoms with Crippen molar-refractivity contribution in [1.82, 2.24) is 4.98 Å². The first-order valence-electron chi connectivity index (χ1n) is 7.27. The third kappa shape index (κ3) is 3.28. The number of amides is 1. The molecule has 0 unspecified atom stereocenters. The topological polar surface area (TPSA) is 85.6 Å². The van der Waals surface area contributed by atoms with Gasteiger partial charge in [0.15, 0.2) is 12.4 Å². The van der Waals surface area contributed by atoms with Gasteiger partial charge in [-0.05, 0) is 34.4 Å². The first kappa shape index (κ1) is 15.0. The van der Waals surface area contributed by atoms with Crippen molar-refractivity contribution in [2.75, 3.05) is 18.1 Å². The van der Waals surface area contributed by atoms with Gasteiger partial charge >= 0.3 is 5.82 Å². The van der Waals surface area contributed by atoms with Crippen LogP contribution in [0.5, 0.6) is 5.75 Å². The highest BCUT2D eigenvalue weighted by Gasteiger charge is 2.31. The van der Waals surface area contributed by atoms with Crippen molar-refractivity contribution in [3.8, 4) is 5.75 Å². The Kier molecular flexibility index (Phi) is 4.18. The van der Waals surface area contributed by atoms with E-state index in [1.54, 1.807) is 0 Å². The molecule has 3 rings (SSSR count). The van der Waals surface area contributed by atoms with Crippen LogP contribution in [0.15, 0.2) is 42.5 Å². The maximum atomic E-state index is 12.1. The number of carbonyl (C=O) groups excluding carboxylic acids is 1. The number of hydrogen-bond acceptors (Lipinski definition) is 5. The molecule has 0 saturated carbocycles. The fourth-order valence-corrected chi connectivity index (χ4v) is 2.49. The third-order valence-electron chi connectivity index (χ3n) is 3.61. The highest BCUT2D eigenvalue weighted by molar-refractivity contribution is 5.96. The summed E-state index contributed by atoms with van der Waals surface area (Å²) >= 11 is 0. The van der Waals surface area contributed by atoms with Crippen molar-refractivity contribution < 1.29 is 14.5 Å². The van der Waals surface area contributed by atoms with Crippen molar-refractivity contribution in [2.45, 2.75) is 12.8 Å². The van der Waals surface area contributed by atoms with E-state index in [1.165, 1.54) is 22.6 Å². The lowest BCUT2D eigenvalue weighted by atomic mass is 10.1. The molecular formula is C16H15N3O4. The van der Waals surface area contributed by atoms with Crippen LogP contribution in [0, 0.1) is 10.1 Å². The number of benzene rings is 1. The molecule has 7 heteroatoms. The molecule has 0 atom stereocenters. The number of pyridine rings is 1. The third-order valence-corrected chi connectivity index (χ3v) is 3.61. The molecule has 0 bridgehead atoms. The van der Waals surface area contributed by atoms with Gasteiger partial charge in [-0.1, -0.05) is 30.3 Å². The predicted molar refractivity (Wildman–Crippen MR) is 83.5 cm³/mol. The summed E-state index contributed by atoms with van der Waals surface area (Å²) in [4.78, 5) is 27.8. The normalized spacial score (nSPS) is 13.4. The maximum Gasteiger partial charge on any atom is 0.366 e. The zero-order valence-electron chi connectivity index (χ0n) is 12.3.